The summed E-state index contributed by atoms with van der Waals surface area (Å²) in [7, 11) is 0. The van der Waals surface area contributed by atoms with Gasteiger partial charge < -0.3 is 10.2 Å². The van der Waals surface area contributed by atoms with Gasteiger partial charge in [-0.3, -0.25) is 0 Å². The van der Waals surface area contributed by atoms with Gasteiger partial charge in [0.2, 0.25) is 0 Å². The second kappa shape index (κ2) is 8.27. The van der Waals surface area contributed by atoms with Crippen molar-refractivity contribution < 1.29 is 0 Å². The fraction of sp³-hybridized carbons (Fsp3) is 0.368. The second-order valence-corrected chi connectivity index (χ2v) is 6.69. The average molecular weight is 327 g/mol. The maximum atomic E-state index is 3.51. The van der Waals surface area contributed by atoms with Crippen LogP contribution < -0.4 is 10.2 Å². The molecule has 0 radical (unpaired) electrons. The van der Waals surface area contributed by atoms with E-state index in [9.17, 15) is 0 Å². The summed E-state index contributed by atoms with van der Waals surface area (Å²) in [5.74, 6) is 0. The maximum absolute atomic E-state index is 3.51. The molecule has 0 spiro atoms. The van der Waals surface area contributed by atoms with Crippen molar-refractivity contribution in [2.24, 2.45) is 0 Å². The largest absolute Gasteiger partial charge is 0.385 e. The summed E-state index contributed by atoms with van der Waals surface area (Å²) >= 11 is 1.85. The van der Waals surface area contributed by atoms with Gasteiger partial charge in [0.15, 0.2) is 0 Å². The highest BCUT2D eigenvalue weighted by Crippen LogP contribution is 2.21. The molecule has 3 nitrogen and oxygen atoms in total. The van der Waals surface area contributed by atoms with Crippen molar-refractivity contribution in [1.82, 2.24) is 4.31 Å². The number of benzene rings is 2. The molecular weight excluding hydrogens is 302 g/mol. The van der Waals surface area contributed by atoms with Crippen molar-refractivity contribution >= 4 is 23.3 Å². The van der Waals surface area contributed by atoms with Gasteiger partial charge in [-0.2, -0.15) is 0 Å². The highest BCUT2D eigenvalue weighted by atomic mass is 32.2. The molecule has 1 fully saturated rings. The molecule has 0 aromatic heterocycles. The molecule has 2 aromatic rings. The third-order valence-electron chi connectivity index (χ3n) is 4.31. The van der Waals surface area contributed by atoms with E-state index in [1.54, 1.807) is 0 Å². The summed E-state index contributed by atoms with van der Waals surface area (Å²) in [6.45, 7) is 5.47. The average Bonchev–Trinajstić information content (AvgIpc) is 2.63. The predicted molar refractivity (Wildman–Crippen MR) is 102 cm³/mol. The number of nitrogens with zero attached hydrogens (tertiary/aromatic N) is 2. The van der Waals surface area contributed by atoms with Crippen molar-refractivity contribution in [1.29, 1.82) is 0 Å². The van der Waals surface area contributed by atoms with E-state index in [2.05, 4.69) is 75.4 Å². The molecule has 0 saturated carbocycles. The minimum atomic E-state index is 0.968. The van der Waals surface area contributed by atoms with Crippen LogP contribution in [-0.2, 0) is 6.42 Å². The Morgan fingerprint density at radius 2 is 1.61 bits per heavy atom. The molecular formula is C19H25N3S. The van der Waals surface area contributed by atoms with E-state index >= 15 is 0 Å². The smallest absolute Gasteiger partial charge is 0.0368 e. The lowest BCUT2D eigenvalue weighted by Gasteiger charge is -2.34. The van der Waals surface area contributed by atoms with Gasteiger partial charge in [-0.25, -0.2) is 4.31 Å². The van der Waals surface area contributed by atoms with Gasteiger partial charge >= 0.3 is 0 Å². The predicted octanol–water partition coefficient (Wildman–Crippen LogP) is 3.74. The van der Waals surface area contributed by atoms with Crippen LogP contribution in [0.25, 0.3) is 0 Å². The number of hydrogen-bond donors (Lipinski definition) is 1. The van der Waals surface area contributed by atoms with E-state index in [-0.39, 0.29) is 0 Å². The van der Waals surface area contributed by atoms with Crippen LogP contribution in [0.4, 0.5) is 11.4 Å². The first-order chi connectivity index (χ1) is 11.3. The van der Waals surface area contributed by atoms with E-state index < -0.39 is 0 Å². The molecule has 3 rings (SSSR count). The molecule has 1 N–H and O–H groups in total. The third kappa shape index (κ3) is 4.66. The monoisotopic (exact) mass is 327 g/mol. The first-order valence-electron chi connectivity index (χ1n) is 8.27. The Kier molecular flexibility index (Phi) is 5.83. The van der Waals surface area contributed by atoms with Crippen LogP contribution in [0, 0.1) is 0 Å². The minimum absolute atomic E-state index is 0.968. The fourth-order valence-electron chi connectivity index (χ4n) is 2.91. The van der Waals surface area contributed by atoms with Gasteiger partial charge in [-0.15, -0.1) is 0 Å². The van der Waals surface area contributed by atoms with Crippen molar-refractivity contribution in [2.45, 2.75) is 6.42 Å². The van der Waals surface area contributed by atoms with Gasteiger partial charge in [0.05, 0.1) is 0 Å². The molecule has 0 bridgehead atoms. The molecule has 0 unspecified atom stereocenters. The van der Waals surface area contributed by atoms with Crippen LogP contribution in [0.1, 0.15) is 5.56 Å². The minimum Gasteiger partial charge on any atom is -0.385 e. The maximum Gasteiger partial charge on any atom is 0.0368 e. The molecule has 1 heterocycles. The van der Waals surface area contributed by atoms with Crippen molar-refractivity contribution in [3.05, 3.63) is 60.2 Å². The first-order valence-corrected chi connectivity index (χ1v) is 9.45. The van der Waals surface area contributed by atoms with E-state index in [0.29, 0.717) is 0 Å². The zero-order valence-corrected chi connectivity index (χ0v) is 14.6. The molecule has 23 heavy (non-hydrogen) atoms. The number of hydrogen-bond acceptors (Lipinski definition) is 4. The molecule has 0 aliphatic carbocycles. The summed E-state index contributed by atoms with van der Waals surface area (Å²) < 4.78 is 2.43. The normalized spacial score (nSPS) is 15.6. The molecule has 0 atom stereocenters. The lowest BCUT2D eigenvalue weighted by Crippen LogP contribution is -2.43. The van der Waals surface area contributed by atoms with E-state index in [1.165, 1.54) is 16.9 Å². The standard InChI is InChI=1S/C19H25N3S/c1-23-22-15-13-21(14-16-22)19-9-7-18(8-10-19)20-12-11-17-5-3-2-4-6-17/h2-10,20H,11-16H2,1H3. The lowest BCUT2D eigenvalue weighted by atomic mass is 10.1. The Hall–Kier alpha value is -1.65. The van der Waals surface area contributed by atoms with Crippen LogP contribution in [0.2, 0.25) is 0 Å². The van der Waals surface area contributed by atoms with E-state index in [4.69, 9.17) is 0 Å². The fourth-order valence-corrected chi connectivity index (χ4v) is 3.44. The number of nitrogens with one attached hydrogen (secondary N) is 1. The first kappa shape index (κ1) is 16.2. The van der Waals surface area contributed by atoms with Gasteiger partial charge in [0.1, 0.15) is 0 Å². The Labute approximate surface area is 143 Å². The van der Waals surface area contributed by atoms with Gasteiger partial charge in [-0.1, -0.05) is 42.3 Å². The van der Waals surface area contributed by atoms with Crippen molar-refractivity contribution in [3.8, 4) is 0 Å². The number of rotatable bonds is 6. The summed E-state index contributed by atoms with van der Waals surface area (Å²) in [4.78, 5) is 2.47. The molecule has 4 heteroatoms. The zero-order chi connectivity index (χ0) is 15.9. The molecule has 1 saturated heterocycles. The van der Waals surface area contributed by atoms with Crippen LogP contribution in [-0.4, -0.2) is 43.3 Å². The zero-order valence-electron chi connectivity index (χ0n) is 13.7. The van der Waals surface area contributed by atoms with E-state index in [1.807, 2.05) is 11.9 Å². The quantitative estimate of drug-likeness (QED) is 0.814. The van der Waals surface area contributed by atoms with Crippen LogP contribution in [0.15, 0.2) is 54.6 Å². The molecule has 2 aromatic carbocycles. The number of anilines is 2. The van der Waals surface area contributed by atoms with Crippen LogP contribution in [0.3, 0.4) is 0 Å². The SMILES string of the molecule is CSN1CCN(c2ccc(NCCc3ccccc3)cc2)CC1. The Bertz CT molecular complexity index is 577. The van der Waals surface area contributed by atoms with Gasteiger partial charge in [-0.05, 0) is 42.5 Å². The second-order valence-electron chi connectivity index (χ2n) is 5.81. The molecule has 1 aliphatic rings. The van der Waals surface area contributed by atoms with Crippen molar-refractivity contribution in [2.75, 3.05) is 49.2 Å². The summed E-state index contributed by atoms with van der Waals surface area (Å²) in [6.07, 6.45) is 3.21. The number of piperazine rings is 1. The topological polar surface area (TPSA) is 18.5 Å². The highest BCUT2D eigenvalue weighted by molar-refractivity contribution is 7.96. The van der Waals surface area contributed by atoms with Crippen molar-refractivity contribution in [3.63, 3.8) is 0 Å². The lowest BCUT2D eigenvalue weighted by molar-refractivity contribution is 0.431. The van der Waals surface area contributed by atoms with Gasteiger partial charge in [0, 0.05) is 44.1 Å². The summed E-state index contributed by atoms with van der Waals surface area (Å²) in [5.41, 5.74) is 3.91. The molecule has 1 aliphatic heterocycles. The van der Waals surface area contributed by atoms with Crippen LogP contribution >= 0.6 is 11.9 Å². The summed E-state index contributed by atoms with van der Waals surface area (Å²) in [6, 6.07) is 19.5. The third-order valence-corrected chi connectivity index (χ3v) is 5.20. The molecule has 0 amide bonds. The summed E-state index contributed by atoms with van der Waals surface area (Å²) in [5, 5.41) is 3.51. The van der Waals surface area contributed by atoms with E-state index in [0.717, 1.165) is 39.1 Å². The Balaban J connectivity index is 1.47. The Morgan fingerprint density at radius 1 is 0.913 bits per heavy atom. The van der Waals surface area contributed by atoms with Gasteiger partial charge in [0.25, 0.3) is 0 Å². The Morgan fingerprint density at radius 3 is 2.26 bits per heavy atom. The molecule has 122 valence electrons. The highest BCUT2D eigenvalue weighted by Gasteiger charge is 2.16. The van der Waals surface area contributed by atoms with Crippen LogP contribution in [0.5, 0.6) is 0 Å².